The second kappa shape index (κ2) is 7.01. The van der Waals surface area contributed by atoms with Gasteiger partial charge in [-0.05, 0) is 51.8 Å². The number of hydrogen-bond donors (Lipinski definition) is 1. The van der Waals surface area contributed by atoms with Crippen molar-refractivity contribution in [1.82, 2.24) is 10.2 Å². The Kier molecular flexibility index (Phi) is 5.50. The number of nitrogens with one attached hydrogen (secondary N) is 1. The summed E-state index contributed by atoms with van der Waals surface area (Å²) in [6.07, 6.45) is 0.767. The van der Waals surface area contributed by atoms with Crippen molar-refractivity contribution in [2.45, 2.75) is 38.8 Å². The van der Waals surface area contributed by atoms with Gasteiger partial charge in [-0.2, -0.15) is 0 Å². The van der Waals surface area contributed by atoms with Crippen LogP contribution in [0.15, 0.2) is 28.7 Å². The molecule has 1 heterocycles. The first-order valence-electron chi connectivity index (χ1n) is 7.71. The van der Waals surface area contributed by atoms with Crippen LogP contribution in [0.1, 0.15) is 38.8 Å². The monoisotopic (exact) mass is 368 g/mol. The predicted octanol–water partition coefficient (Wildman–Crippen LogP) is 3.97. The molecule has 1 fully saturated rings. The number of carbonyl (C=O) groups excluding carboxylic acids is 1. The molecule has 4 nitrogen and oxygen atoms in total. The van der Waals surface area contributed by atoms with Crippen LogP contribution in [0.5, 0.6) is 0 Å². The lowest BCUT2D eigenvalue weighted by atomic mass is 9.92. The third-order valence-electron chi connectivity index (χ3n) is 3.90. The Balaban J connectivity index is 2.05. The first kappa shape index (κ1) is 17.3. The molecule has 1 aromatic rings. The number of rotatable bonds is 3. The van der Waals surface area contributed by atoms with E-state index < -0.39 is 5.60 Å². The van der Waals surface area contributed by atoms with Crippen LogP contribution in [-0.2, 0) is 4.74 Å². The van der Waals surface area contributed by atoms with E-state index in [0.29, 0.717) is 5.92 Å². The van der Waals surface area contributed by atoms with Crippen LogP contribution in [-0.4, -0.2) is 36.7 Å². The smallest absolute Gasteiger partial charge is 0.410 e. The number of amides is 1. The Hall–Kier alpha value is -1.07. The fourth-order valence-corrected chi connectivity index (χ4v) is 3.46. The van der Waals surface area contributed by atoms with Crippen LogP contribution in [0.2, 0.25) is 0 Å². The van der Waals surface area contributed by atoms with Crippen molar-refractivity contribution >= 4 is 22.0 Å². The lowest BCUT2D eigenvalue weighted by Crippen LogP contribution is -2.36. The molecule has 1 aliphatic heterocycles. The molecule has 0 spiro atoms. The predicted molar refractivity (Wildman–Crippen MR) is 91.9 cm³/mol. The summed E-state index contributed by atoms with van der Waals surface area (Å²) in [5.74, 6) is 0.385. The van der Waals surface area contributed by atoms with Gasteiger partial charge >= 0.3 is 6.09 Å². The number of hydrogen-bond acceptors (Lipinski definition) is 3. The lowest BCUT2D eigenvalue weighted by Gasteiger charge is -2.26. The van der Waals surface area contributed by atoms with Gasteiger partial charge in [0, 0.05) is 23.6 Å². The highest BCUT2D eigenvalue weighted by Crippen LogP contribution is 2.34. The first-order valence-corrected chi connectivity index (χ1v) is 8.50. The summed E-state index contributed by atoms with van der Waals surface area (Å²) < 4.78 is 6.57. The summed E-state index contributed by atoms with van der Waals surface area (Å²) in [6, 6.07) is 8.47. The highest BCUT2D eigenvalue weighted by atomic mass is 79.9. The van der Waals surface area contributed by atoms with E-state index in [2.05, 4.69) is 33.4 Å². The molecule has 1 amide bonds. The Morgan fingerprint density at radius 2 is 2.09 bits per heavy atom. The number of ether oxygens (including phenoxy) is 1. The molecule has 0 saturated carbocycles. The molecular weight excluding hydrogens is 344 g/mol. The summed E-state index contributed by atoms with van der Waals surface area (Å²) in [5, 5.41) is 3.40. The highest BCUT2D eigenvalue weighted by molar-refractivity contribution is 9.10. The molecule has 1 aliphatic rings. The van der Waals surface area contributed by atoms with Gasteiger partial charge in [-0.25, -0.2) is 4.79 Å². The Morgan fingerprint density at radius 3 is 2.68 bits per heavy atom. The minimum Gasteiger partial charge on any atom is -0.444 e. The molecule has 0 aliphatic carbocycles. The van der Waals surface area contributed by atoms with Crippen molar-refractivity contribution in [1.29, 1.82) is 0 Å². The van der Waals surface area contributed by atoms with E-state index in [9.17, 15) is 4.79 Å². The van der Waals surface area contributed by atoms with Crippen LogP contribution in [0, 0.1) is 5.92 Å². The van der Waals surface area contributed by atoms with Crippen molar-refractivity contribution in [3.05, 3.63) is 34.3 Å². The topological polar surface area (TPSA) is 41.6 Å². The summed E-state index contributed by atoms with van der Waals surface area (Å²) in [4.78, 5) is 14.0. The first-order chi connectivity index (χ1) is 10.3. The maximum Gasteiger partial charge on any atom is 0.410 e. The Labute approximate surface area is 141 Å². The molecule has 1 aromatic carbocycles. The molecule has 1 saturated heterocycles. The highest BCUT2D eigenvalue weighted by Gasteiger charge is 2.34. The molecule has 122 valence electrons. The van der Waals surface area contributed by atoms with Crippen molar-refractivity contribution in [2.75, 3.05) is 20.1 Å². The molecule has 22 heavy (non-hydrogen) atoms. The van der Waals surface area contributed by atoms with Crippen LogP contribution >= 0.6 is 15.9 Å². The summed E-state index contributed by atoms with van der Waals surface area (Å²) in [5.41, 5.74) is 0.793. The second-order valence-electron chi connectivity index (χ2n) is 6.76. The number of nitrogens with zero attached hydrogens (tertiary/aromatic N) is 1. The number of halogens is 1. The van der Waals surface area contributed by atoms with Crippen molar-refractivity contribution in [2.24, 2.45) is 5.92 Å². The van der Waals surface area contributed by atoms with E-state index >= 15 is 0 Å². The van der Waals surface area contributed by atoms with Gasteiger partial charge in [0.25, 0.3) is 0 Å². The van der Waals surface area contributed by atoms with Gasteiger partial charge in [0.15, 0.2) is 0 Å². The molecule has 2 atom stereocenters. The van der Waals surface area contributed by atoms with Crippen LogP contribution < -0.4 is 5.32 Å². The standard InChI is InChI=1S/C17H25BrN2O2/c1-17(2,3)22-16(21)20-10-9-12(11-20)15(19-4)13-7-5-6-8-14(13)18/h5-8,12,15,19H,9-11H2,1-4H3. The van der Waals surface area contributed by atoms with Gasteiger partial charge in [0.1, 0.15) is 5.60 Å². The Bertz CT molecular complexity index is 528. The minimum absolute atomic E-state index is 0.211. The molecule has 2 rings (SSSR count). The summed E-state index contributed by atoms with van der Waals surface area (Å²) >= 11 is 3.62. The van der Waals surface area contributed by atoms with E-state index in [4.69, 9.17) is 4.74 Å². The maximum atomic E-state index is 12.2. The molecule has 1 N–H and O–H groups in total. The SMILES string of the molecule is CNC(c1ccccc1Br)C1CCN(C(=O)OC(C)(C)C)C1. The number of likely N-dealkylation sites (tertiary alicyclic amines) is 1. The van der Waals surface area contributed by atoms with Gasteiger partial charge in [0.05, 0.1) is 0 Å². The van der Waals surface area contributed by atoms with Crippen LogP contribution in [0.25, 0.3) is 0 Å². The molecule has 0 bridgehead atoms. The summed E-state index contributed by atoms with van der Waals surface area (Å²) in [7, 11) is 1.97. The van der Waals surface area contributed by atoms with Crippen molar-refractivity contribution < 1.29 is 9.53 Å². The lowest BCUT2D eigenvalue weighted by molar-refractivity contribution is 0.0285. The zero-order chi connectivity index (χ0) is 16.3. The van der Waals surface area contributed by atoms with Gasteiger partial charge in [-0.1, -0.05) is 34.1 Å². The zero-order valence-electron chi connectivity index (χ0n) is 13.7. The molecule has 0 aromatic heterocycles. The van der Waals surface area contributed by atoms with E-state index in [-0.39, 0.29) is 12.1 Å². The summed E-state index contributed by atoms with van der Waals surface area (Å²) in [6.45, 7) is 7.17. The van der Waals surface area contributed by atoms with Gasteiger partial charge in [-0.3, -0.25) is 0 Å². The fraction of sp³-hybridized carbons (Fsp3) is 0.588. The van der Waals surface area contributed by atoms with E-state index in [1.807, 2.05) is 44.9 Å². The third-order valence-corrected chi connectivity index (χ3v) is 4.62. The third kappa shape index (κ3) is 4.23. The van der Waals surface area contributed by atoms with E-state index in [1.54, 1.807) is 0 Å². The zero-order valence-corrected chi connectivity index (χ0v) is 15.3. The average molecular weight is 369 g/mol. The number of benzene rings is 1. The Morgan fingerprint density at radius 1 is 1.41 bits per heavy atom. The quantitative estimate of drug-likeness (QED) is 0.877. The second-order valence-corrected chi connectivity index (χ2v) is 7.62. The van der Waals surface area contributed by atoms with Crippen molar-refractivity contribution in [3.63, 3.8) is 0 Å². The van der Waals surface area contributed by atoms with Gasteiger partial charge in [0.2, 0.25) is 0 Å². The van der Waals surface area contributed by atoms with Gasteiger partial charge < -0.3 is 15.0 Å². The van der Waals surface area contributed by atoms with Crippen LogP contribution in [0.3, 0.4) is 0 Å². The fourth-order valence-electron chi connectivity index (χ4n) is 2.92. The number of carbonyl (C=O) groups is 1. The molecular formula is C17H25BrN2O2. The van der Waals surface area contributed by atoms with E-state index in [1.165, 1.54) is 5.56 Å². The normalized spacial score (nSPS) is 20.0. The molecule has 5 heteroatoms. The van der Waals surface area contributed by atoms with Gasteiger partial charge in [-0.15, -0.1) is 0 Å². The average Bonchev–Trinajstić information content (AvgIpc) is 2.89. The largest absolute Gasteiger partial charge is 0.444 e. The minimum atomic E-state index is -0.444. The van der Waals surface area contributed by atoms with Crippen molar-refractivity contribution in [3.8, 4) is 0 Å². The maximum absolute atomic E-state index is 12.2. The molecule has 2 unspecified atom stereocenters. The van der Waals surface area contributed by atoms with E-state index in [0.717, 1.165) is 24.0 Å². The molecule has 0 radical (unpaired) electrons. The van der Waals surface area contributed by atoms with Crippen LogP contribution in [0.4, 0.5) is 4.79 Å².